The van der Waals surface area contributed by atoms with Crippen LogP contribution in [0, 0.1) is 5.82 Å². The van der Waals surface area contributed by atoms with Crippen molar-refractivity contribution in [2.24, 2.45) is 0 Å². The van der Waals surface area contributed by atoms with Gasteiger partial charge in [0.2, 0.25) is 0 Å². The van der Waals surface area contributed by atoms with Crippen LogP contribution in [-0.4, -0.2) is 24.1 Å². The highest BCUT2D eigenvalue weighted by Crippen LogP contribution is 2.19. The Kier molecular flexibility index (Phi) is 4.56. The molecule has 0 aromatic heterocycles. The first-order valence-corrected chi connectivity index (χ1v) is 4.60. The van der Waals surface area contributed by atoms with Gasteiger partial charge in [0.05, 0.1) is 0 Å². The summed E-state index contributed by atoms with van der Waals surface area (Å²) in [7, 11) is 0. The molecule has 1 rings (SSSR count). The molecule has 0 unspecified atom stereocenters. The molecular formula is C11H9F3O3. The van der Waals surface area contributed by atoms with Crippen LogP contribution in [0.5, 0.6) is 5.75 Å². The van der Waals surface area contributed by atoms with Gasteiger partial charge in [0, 0.05) is 6.08 Å². The maximum atomic E-state index is 13.3. The molecule has 0 amide bonds. The maximum Gasteiger partial charge on any atom is 0.328 e. The number of rotatable bonds is 5. The molecular weight excluding hydrogens is 237 g/mol. The third-order valence-electron chi connectivity index (χ3n) is 1.74. The van der Waals surface area contributed by atoms with E-state index in [9.17, 15) is 18.0 Å². The van der Waals surface area contributed by atoms with Gasteiger partial charge in [-0.05, 0) is 23.8 Å². The minimum Gasteiger partial charge on any atom is -0.485 e. The lowest BCUT2D eigenvalue weighted by Crippen LogP contribution is -2.07. The normalized spacial score (nSPS) is 11.1. The Labute approximate surface area is 95.1 Å². The molecule has 6 heteroatoms. The van der Waals surface area contributed by atoms with Gasteiger partial charge in [-0.2, -0.15) is 0 Å². The van der Waals surface area contributed by atoms with E-state index in [-0.39, 0.29) is 5.75 Å². The van der Waals surface area contributed by atoms with Crippen molar-refractivity contribution in [3.05, 3.63) is 35.7 Å². The Balaban J connectivity index is 2.75. The van der Waals surface area contributed by atoms with Gasteiger partial charge in [-0.25, -0.2) is 18.0 Å². The number of hydrogen-bond acceptors (Lipinski definition) is 2. The average molecular weight is 246 g/mol. The lowest BCUT2D eigenvalue weighted by atomic mass is 10.2. The van der Waals surface area contributed by atoms with E-state index in [1.54, 1.807) is 0 Å². The van der Waals surface area contributed by atoms with Gasteiger partial charge in [-0.1, -0.05) is 6.07 Å². The molecule has 1 aromatic rings. The fraction of sp³-hybridized carbons (Fsp3) is 0.182. The van der Waals surface area contributed by atoms with E-state index in [4.69, 9.17) is 5.11 Å². The predicted molar refractivity (Wildman–Crippen MR) is 54.6 cm³/mol. The highest BCUT2D eigenvalue weighted by atomic mass is 19.3. The molecule has 3 nitrogen and oxygen atoms in total. The minimum absolute atomic E-state index is 0.294. The molecule has 1 aromatic carbocycles. The molecule has 0 radical (unpaired) electrons. The minimum atomic E-state index is -2.68. The SMILES string of the molecule is O=C(O)/C=C/c1ccc(OCC(F)F)c(F)c1. The summed E-state index contributed by atoms with van der Waals surface area (Å²) in [6, 6.07) is 3.53. The largest absolute Gasteiger partial charge is 0.485 e. The van der Waals surface area contributed by atoms with Crippen LogP contribution in [0.3, 0.4) is 0 Å². The van der Waals surface area contributed by atoms with E-state index in [0.29, 0.717) is 5.56 Å². The van der Waals surface area contributed by atoms with Gasteiger partial charge in [0.15, 0.2) is 11.6 Å². The monoisotopic (exact) mass is 246 g/mol. The van der Waals surface area contributed by atoms with Gasteiger partial charge < -0.3 is 9.84 Å². The summed E-state index contributed by atoms with van der Waals surface area (Å²) in [4.78, 5) is 10.2. The van der Waals surface area contributed by atoms with Gasteiger partial charge in [-0.3, -0.25) is 0 Å². The van der Waals surface area contributed by atoms with Crippen LogP contribution in [0.1, 0.15) is 5.56 Å². The van der Waals surface area contributed by atoms with Gasteiger partial charge in [0.1, 0.15) is 6.61 Å². The number of halogens is 3. The molecule has 1 N–H and O–H groups in total. The van der Waals surface area contributed by atoms with Gasteiger partial charge in [0.25, 0.3) is 6.43 Å². The Morgan fingerprint density at radius 2 is 2.18 bits per heavy atom. The van der Waals surface area contributed by atoms with E-state index in [1.165, 1.54) is 18.2 Å². The first-order chi connectivity index (χ1) is 7.99. The summed E-state index contributed by atoms with van der Waals surface area (Å²) in [6.45, 7) is -0.888. The maximum absolute atomic E-state index is 13.3. The van der Waals surface area contributed by atoms with Crippen molar-refractivity contribution in [2.75, 3.05) is 6.61 Å². The fourth-order valence-corrected chi connectivity index (χ4v) is 1.06. The second-order valence-electron chi connectivity index (χ2n) is 3.06. The van der Waals surface area contributed by atoms with E-state index < -0.39 is 24.8 Å². The first kappa shape index (κ1) is 13.1. The zero-order chi connectivity index (χ0) is 12.8. The summed E-state index contributed by atoms with van der Waals surface area (Å²) in [5.41, 5.74) is 0.300. The quantitative estimate of drug-likeness (QED) is 0.812. The Bertz CT molecular complexity index is 430. The van der Waals surface area contributed by atoms with E-state index >= 15 is 0 Å². The van der Waals surface area contributed by atoms with Crippen LogP contribution in [0.2, 0.25) is 0 Å². The summed E-state index contributed by atoms with van der Waals surface area (Å²) < 4.78 is 41.4. The molecule has 0 fully saturated rings. The van der Waals surface area contributed by atoms with E-state index in [0.717, 1.165) is 12.1 Å². The highest BCUT2D eigenvalue weighted by molar-refractivity contribution is 5.85. The van der Waals surface area contributed by atoms with Crippen molar-refractivity contribution >= 4 is 12.0 Å². The summed E-state index contributed by atoms with van der Waals surface area (Å²) in [5, 5.41) is 8.36. The highest BCUT2D eigenvalue weighted by Gasteiger charge is 2.08. The first-order valence-electron chi connectivity index (χ1n) is 4.60. The van der Waals surface area contributed by atoms with Crippen molar-refractivity contribution in [3.8, 4) is 5.75 Å². The number of aliphatic carboxylic acids is 1. The molecule has 0 aliphatic carbocycles. The molecule has 0 atom stereocenters. The van der Waals surface area contributed by atoms with Gasteiger partial charge >= 0.3 is 5.97 Å². The third kappa shape index (κ3) is 4.58. The second-order valence-corrected chi connectivity index (χ2v) is 3.06. The van der Waals surface area contributed by atoms with Crippen LogP contribution >= 0.6 is 0 Å². The molecule has 0 aliphatic heterocycles. The molecule has 0 saturated carbocycles. The van der Waals surface area contributed by atoms with Crippen molar-refractivity contribution in [1.82, 2.24) is 0 Å². The average Bonchev–Trinajstić information content (AvgIpc) is 2.24. The van der Waals surface area contributed by atoms with Crippen molar-refractivity contribution < 1.29 is 27.8 Å². The number of carboxylic acid groups (broad SMARTS) is 1. The van der Waals surface area contributed by atoms with Crippen molar-refractivity contribution in [2.45, 2.75) is 6.43 Å². The number of carbonyl (C=O) groups is 1. The predicted octanol–water partition coefficient (Wildman–Crippen LogP) is 2.57. The Morgan fingerprint density at radius 3 is 2.71 bits per heavy atom. The fourth-order valence-electron chi connectivity index (χ4n) is 1.06. The van der Waals surface area contributed by atoms with Gasteiger partial charge in [-0.15, -0.1) is 0 Å². The van der Waals surface area contributed by atoms with E-state index in [1.807, 2.05) is 0 Å². The molecule has 92 valence electrons. The second kappa shape index (κ2) is 5.93. The smallest absolute Gasteiger partial charge is 0.328 e. The number of hydrogen-bond donors (Lipinski definition) is 1. The van der Waals surface area contributed by atoms with Crippen molar-refractivity contribution in [3.63, 3.8) is 0 Å². The topological polar surface area (TPSA) is 46.5 Å². The molecule has 0 spiro atoms. The van der Waals surface area contributed by atoms with Crippen molar-refractivity contribution in [1.29, 1.82) is 0 Å². The third-order valence-corrected chi connectivity index (χ3v) is 1.74. The summed E-state index contributed by atoms with van der Waals surface area (Å²) in [6.07, 6.45) is -0.655. The Hall–Kier alpha value is -1.98. The van der Waals surface area contributed by atoms with Crippen LogP contribution in [0.15, 0.2) is 24.3 Å². The summed E-state index contributed by atoms with van der Waals surface area (Å²) in [5.74, 6) is -2.28. The molecule has 17 heavy (non-hydrogen) atoms. The van der Waals surface area contributed by atoms with E-state index in [2.05, 4.69) is 4.74 Å². The lowest BCUT2D eigenvalue weighted by Gasteiger charge is -2.06. The van der Waals surface area contributed by atoms with Crippen LogP contribution in [-0.2, 0) is 4.79 Å². The number of ether oxygens (including phenoxy) is 1. The lowest BCUT2D eigenvalue weighted by molar-refractivity contribution is -0.131. The zero-order valence-electron chi connectivity index (χ0n) is 8.57. The Morgan fingerprint density at radius 1 is 1.47 bits per heavy atom. The number of carboxylic acids is 1. The molecule has 0 heterocycles. The standard InChI is InChI=1S/C11H9F3O3/c12-8-5-7(2-4-11(15)16)1-3-9(8)17-6-10(13)14/h1-5,10H,6H2,(H,15,16)/b4-2+. The van der Waals surface area contributed by atoms with Crippen LogP contribution in [0.4, 0.5) is 13.2 Å². The number of alkyl halides is 2. The number of benzene rings is 1. The van der Waals surface area contributed by atoms with Crippen LogP contribution in [0.25, 0.3) is 6.08 Å². The van der Waals surface area contributed by atoms with Crippen LogP contribution < -0.4 is 4.74 Å². The summed E-state index contributed by atoms with van der Waals surface area (Å²) >= 11 is 0. The zero-order valence-corrected chi connectivity index (χ0v) is 8.57. The molecule has 0 saturated heterocycles. The molecule has 0 aliphatic rings. The molecule has 0 bridgehead atoms.